The highest BCUT2D eigenvalue weighted by Gasteiger charge is 2.30. The van der Waals surface area contributed by atoms with Crippen molar-refractivity contribution in [2.45, 2.75) is 27.1 Å². The van der Waals surface area contributed by atoms with Crippen LogP contribution >= 0.6 is 11.8 Å². The Bertz CT molecular complexity index is 573. The van der Waals surface area contributed by atoms with Gasteiger partial charge >= 0.3 is 23.5 Å². The first-order valence-electron chi connectivity index (χ1n) is 7.46. The minimum Gasteiger partial charge on any atom is -0.493 e. The molecule has 1 aromatic carbocycles. The lowest BCUT2D eigenvalue weighted by Gasteiger charge is -2.17. The van der Waals surface area contributed by atoms with Gasteiger partial charge < -0.3 is 18.9 Å². The number of hydrogen-bond donors (Lipinski definition) is 0. The smallest absolute Gasteiger partial charge is 0.389 e. The summed E-state index contributed by atoms with van der Waals surface area (Å²) in [4.78, 5) is 35.7. The second-order valence-electron chi connectivity index (χ2n) is 4.22. The fourth-order valence-electron chi connectivity index (χ4n) is 1.65. The summed E-state index contributed by atoms with van der Waals surface area (Å²) in [5, 5.41) is -0.735. The Hall–Kier alpha value is -2.22. The van der Waals surface area contributed by atoms with Crippen LogP contribution in [0.3, 0.4) is 0 Å². The topological polar surface area (TPSA) is 88.1 Å². The average Bonchev–Trinajstić information content (AvgIpc) is 2.55. The Labute approximate surface area is 144 Å². The third-order valence-corrected chi connectivity index (χ3v) is 3.19. The molecule has 0 heterocycles. The van der Waals surface area contributed by atoms with Gasteiger partial charge in [0, 0.05) is 5.75 Å². The predicted octanol–water partition coefficient (Wildman–Crippen LogP) is 3.02. The van der Waals surface area contributed by atoms with Gasteiger partial charge in [0.15, 0.2) is 0 Å². The molecule has 0 bridgehead atoms. The molecule has 0 aliphatic rings. The highest BCUT2D eigenvalue weighted by atomic mass is 32.2. The van der Waals surface area contributed by atoms with E-state index in [9.17, 15) is 14.4 Å². The molecule has 0 spiro atoms. The lowest BCUT2D eigenvalue weighted by atomic mass is 10.2. The van der Waals surface area contributed by atoms with Crippen LogP contribution in [0.2, 0.25) is 0 Å². The Kier molecular flexibility index (Phi) is 8.70. The first kappa shape index (κ1) is 19.8. The molecule has 1 atom stereocenters. The SMILES string of the molecule is CCOC(=O)C(OC(=O)SCC)OC(=O)c1ccccc1OCC. The van der Waals surface area contributed by atoms with Crippen molar-refractivity contribution in [3.63, 3.8) is 0 Å². The number of benzene rings is 1. The minimum absolute atomic E-state index is 0.0564. The lowest BCUT2D eigenvalue weighted by Crippen LogP contribution is -2.33. The van der Waals surface area contributed by atoms with Gasteiger partial charge in [0.2, 0.25) is 0 Å². The number of carbonyl (C=O) groups excluding carboxylic acids is 3. The lowest BCUT2D eigenvalue weighted by molar-refractivity contribution is -0.172. The number of thioether (sulfide) groups is 1. The zero-order valence-electron chi connectivity index (χ0n) is 13.8. The number of para-hydroxylation sites is 1. The maximum atomic E-state index is 12.3. The van der Waals surface area contributed by atoms with Crippen LogP contribution in [-0.2, 0) is 19.0 Å². The summed E-state index contributed by atoms with van der Waals surface area (Å²) >= 11 is 0.844. The van der Waals surface area contributed by atoms with Crippen molar-refractivity contribution in [3.8, 4) is 5.75 Å². The van der Waals surface area contributed by atoms with E-state index < -0.39 is 23.5 Å². The van der Waals surface area contributed by atoms with E-state index in [2.05, 4.69) is 0 Å². The quantitative estimate of drug-likeness (QED) is 0.519. The van der Waals surface area contributed by atoms with Gasteiger partial charge in [0.25, 0.3) is 0 Å². The summed E-state index contributed by atoms with van der Waals surface area (Å²) in [6.07, 6.45) is -1.77. The van der Waals surface area contributed by atoms with Crippen molar-refractivity contribution >= 4 is 29.0 Å². The molecule has 24 heavy (non-hydrogen) atoms. The van der Waals surface area contributed by atoms with E-state index in [0.29, 0.717) is 18.1 Å². The molecule has 1 rings (SSSR count). The third kappa shape index (κ3) is 6.11. The average molecular weight is 356 g/mol. The normalized spacial score (nSPS) is 11.3. The Morgan fingerprint density at radius 1 is 1.04 bits per heavy atom. The van der Waals surface area contributed by atoms with Crippen LogP contribution in [0.4, 0.5) is 4.79 Å². The van der Waals surface area contributed by atoms with E-state index in [-0.39, 0.29) is 12.2 Å². The predicted molar refractivity (Wildman–Crippen MR) is 88.1 cm³/mol. The molecule has 1 unspecified atom stereocenters. The molecule has 0 aliphatic carbocycles. The molecule has 0 aromatic heterocycles. The van der Waals surface area contributed by atoms with E-state index in [1.54, 1.807) is 39.0 Å². The van der Waals surface area contributed by atoms with Gasteiger partial charge in [-0.15, -0.1) is 0 Å². The molecule has 0 fully saturated rings. The zero-order chi connectivity index (χ0) is 17.9. The molecule has 0 amide bonds. The van der Waals surface area contributed by atoms with Gasteiger partial charge in [-0.25, -0.2) is 14.4 Å². The highest BCUT2D eigenvalue weighted by Crippen LogP contribution is 2.20. The highest BCUT2D eigenvalue weighted by molar-refractivity contribution is 8.13. The second-order valence-corrected chi connectivity index (χ2v) is 5.42. The Morgan fingerprint density at radius 3 is 2.38 bits per heavy atom. The molecule has 7 nitrogen and oxygen atoms in total. The minimum atomic E-state index is -1.77. The van der Waals surface area contributed by atoms with Gasteiger partial charge in [-0.1, -0.05) is 19.1 Å². The van der Waals surface area contributed by atoms with Gasteiger partial charge in [-0.05, 0) is 37.7 Å². The first-order chi connectivity index (χ1) is 11.5. The number of hydrogen-bond acceptors (Lipinski definition) is 8. The van der Waals surface area contributed by atoms with Crippen LogP contribution < -0.4 is 4.74 Å². The van der Waals surface area contributed by atoms with Crippen LogP contribution in [0.1, 0.15) is 31.1 Å². The van der Waals surface area contributed by atoms with Crippen LogP contribution in [0, 0.1) is 0 Å². The molecule has 132 valence electrons. The van der Waals surface area contributed by atoms with E-state index in [1.807, 2.05) is 0 Å². The molecule has 8 heteroatoms. The molecule has 0 saturated heterocycles. The maximum Gasteiger partial charge on any atom is 0.389 e. The standard InChI is InChI=1S/C16H20O7S/c1-4-20-12-10-8-7-9-11(12)13(17)22-15(14(18)21-5-2)23-16(19)24-6-3/h7-10,15H,4-6H2,1-3H3. The maximum absolute atomic E-state index is 12.3. The largest absolute Gasteiger partial charge is 0.493 e. The second kappa shape index (κ2) is 10.5. The Balaban J connectivity index is 2.90. The van der Waals surface area contributed by atoms with Crippen LogP contribution in [0.25, 0.3) is 0 Å². The number of ether oxygens (including phenoxy) is 4. The van der Waals surface area contributed by atoms with Gasteiger partial charge in [-0.2, -0.15) is 0 Å². The number of carbonyl (C=O) groups is 3. The molecule has 0 saturated carbocycles. The van der Waals surface area contributed by atoms with E-state index in [1.165, 1.54) is 6.07 Å². The fraction of sp³-hybridized carbons (Fsp3) is 0.438. The van der Waals surface area contributed by atoms with Crippen molar-refractivity contribution < 1.29 is 33.3 Å². The van der Waals surface area contributed by atoms with Gasteiger partial charge in [0.05, 0.1) is 13.2 Å². The fourth-order valence-corrected chi connectivity index (χ4v) is 2.04. The van der Waals surface area contributed by atoms with E-state index in [4.69, 9.17) is 18.9 Å². The third-order valence-electron chi connectivity index (χ3n) is 2.57. The molecule has 0 N–H and O–H groups in total. The van der Waals surface area contributed by atoms with Gasteiger partial charge in [-0.3, -0.25) is 0 Å². The summed E-state index contributed by atoms with van der Waals surface area (Å²) in [5.41, 5.74) is 0.118. The van der Waals surface area contributed by atoms with E-state index >= 15 is 0 Å². The summed E-state index contributed by atoms with van der Waals surface area (Å²) in [7, 11) is 0. The zero-order valence-corrected chi connectivity index (χ0v) is 14.6. The van der Waals surface area contributed by atoms with Gasteiger partial charge in [0.1, 0.15) is 11.3 Å². The molecule has 0 aliphatic heterocycles. The van der Waals surface area contributed by atoms with Crippen molar-refractivity contribution in [1.29, 1.82) is 0 Å². The monoisotopic (exact) mass is 356 g/mol. The molecular formula is C16H20O7S. The summed E-state index contributed by atoms with van der Waals surface area (Å²) < 4.78 is 20.0. The first-order valence-corrected chi connectivity index (χ1v) is 8.44. The van der Waals surface area contributed by atoms with Crippen LogP contribution in [0.5, 0.6) is 5.75 Å². The summed E-state index contributed by atoms with van der Waals surface area (Å²) in [6, 6.07) is 6.40. The van der Waals surface area contributed by atoms with E-state index in [0.717, 1.165) is 11.8 Å². The van der Waals surface area contributed by atoms with Crippen LogP contribution in [0.15, 0.2) is 24.3 Å². The van der Waals surface area contributed by atoms with Crippen molar-refractivity contribution in [2.24, 2.45) is 0 Å². The van der Waals surface area contributed by atoms with Crippen molar-refractivity contribution in [2.75, 3.05) is 19.0 Å². The Morgan fingerprint density at radius 2 is 1.75 bits per heavy atom. The van der Waals surface area contributed by atoms with Crippen molar-refractivity contribution in [1.82, 2.24) is 0 Å². The summed E-state index contributed by atoms with van der Waals surface area (Å²) in [6.45, 7) is 5.52. The number of esters is 2. The summed E-state index contributed by atoms with van der Waals surface area (Å²) in [5.74, 6) is -1.05. The molecule has 1 aromatic rings. The van der Waals surface area contributed by atoms with Crippen LogP contribution in [-0.4, -0.2) is 42.5 Å². The number of rotatable bonds is 8. The van der Waals surface area contributed by atoms with Crippen molar-refractivity contribution in [3.05, 3.63) is 29.8 Å². The molecular weight excluding hydrogens is 336 g/mol. The molecule has 0 radical (unpaired) electrons.